The quantitative estimate of drug-likeness (QED) is 0.873. The summed E-state index contributed by atoms with van der Waals surface area (Å²) in [6.45, 7) is 2.19. The van der Waals surface area contributed by atoms with Crippen molar-refractivity contribution in [2.24, 2.45) is 17.8 Å². The van der Waals surface area contributed by atoms with E-state index in [1.54, 1.807) is 6.07 Å². The van der Waals surface area contributed by atoms with E-state index < -0.39 is 5.97 Å². The van der Waals surface area contributed by atoms with E-state index in [9.17, 15) is 4.79 Å². The summed E-state index contributed by atoms with van der Waals surface area (Å²) in [5, 5.41) is 12.3. The number of rotatable bonds is 4. The Morgan fingerprint density at radius 2 is 2.26 bits per heavy atom. The molecule has 0 radical (unpaired) electrons. The Labute approximate surface area is 113 Å². The Bertz CT molecular complexity index is 489. The van der Waals surface area contributed by atoms with Crippen LogP contribution in [-0.2, 0) is 0 Å². The van der Waals surface area contributed by atoms with Crippen molar-refractivity contribution in [2.75, 3.05) is 5.32 Å². The molecule has 0 spiro atoms. The highest BCUT2D eigenvalue weighted by Gasteiger charge is 2.41. The lowest BCUT2D eigenvalue weighted by Gasteiger charge is -2.28. The molecule has 0 aromatic carbocycles. The van der Waals surface area contributed by atoms with Gasteiger partial charge in [0.15, 0.2) is 5.69 Å². The number of aromatic nitrogens is 1. The molecule has 4 atom stereocenters. The Balaban J connectivity index is 1.67. The highest BCUT2D eigenvalue weighted by molar-refractivity contribution is 5.85. The zero-order valence-electron chi connectivity index (χ0n) is 11.2. The number of pyridine rings is 1. The van der Waals surface area contributed by atoms with Gasteiger partial charge in [-0.15, -0.1) is 0 Å². The summed E-state index contributed by atoms with van der Waals surface area (Å²) in [4.78, 5) is 15.0. The van der Waals surface area contributed by atoms with Crippen molar-refractivity contribution in [3.63, 3.8) is 0 Å². The van der Waals surface area contributed by atoms with Crippen LogP contribution in [0.2, 0.25) is 0 Å². The van der Waals surface area contributed by atoms with Crippen molar-refractivity contribution in [3.8, 4) is 0 Å². The SMILES string of the molecule is CC(Nc1cccc(C(=O)O)n1)C1CC2CCC1C2. The first kappa shape index (κ1) is 12.5. The molecule has 2 aliphatic carbocycles. The van der Waals surface area contributed by atoms with Crippen LogP contribution in [-0.4, -0.2) is 22.1 Å². The lowest BCUT2D eigenvalue weighted by molar-refractivity contribution is 0.0690. The van der Waals surface area contributed by atoms with Crippen LogP contribution in [0.25, 0.3) is 0 Å². The van der Waals surface area contributed by atoms with E-state index >= 15 is 0 Å². The predicted molar refractivity (Wildman–Crippen MR) is 73.2 cm³/mol. The average molecular weight is 260 g/mol. The molecule has 4 nitrogen and oxygen atoms in total. The van der Waals surface area contributed by atoms with Crippen molar-refractivity contribution >= 4 is 11.8 Å². The van der Waals surface area contributed by atoms with Gasteiger partial charge in [0.25, 0.3) is 0 Å². The maximum atomic E-state index is 10.9. The molecule has 2 fully saturated rings. The largest absolute Gasteiger partial charge is 0.477 e. The molecule has 102 valence electrons. The number of nitrogens with zero attached hydrogens (tertiary/aromatic N) is 1. The smallest absolute Gasteiger partial charge is 0.354 e. The maximum absolute atomic E-state index is 10.9. The highest BCUT2D eigenvalue weighted by Crippen LogP contribution is 2.49. The van der Waals surface area contributed by atoms with Gasteiger partial charge in [-0.05, 0) is 56.1 Å². The van der Waals surface area contributed by atoms with Crippen molar-refractivity contribution < 1.29 is 9.90 Å². The summed E-state index contributed by atoms with van der Waals surface area (Å²) in [5.74, 6) is 2.20. The van der Waals surface area contributed by atoms with Gasteiger partial charge in [-0.3, -0.25) is 0 Å². The van der Waals surface area contributed by atoms with Gasteiger partial charge in [0.1, 0.15) is 5.82 Å². The van der Waals surface area contributed by atoms with E-state index in [1.165, 1.54) is 31.7 Å². The van der Waals surface area contributed by atoms with Gasteiger partial charge >= 0.3 is 5.97 Å². The Morgan fingerprint density at radius 1 is 1.42 bits per heavy atom. The van der Waals surface area contributed by atoms with E-state index in [0.717, 1.165) is 11.8 Å². The molecule has 19 heavy (non-hydrogen) atoms. The van der Waals surface area contributed by atoms with Crippen LogP contribution < -0.4 is 5.32 Å². The first-order valence-electron chi connectivity index (χ1n) is 7.10. The molecule has 2 bridgehead atoms. The normalized spacial score (nSPS) is 30.3. The molecule has 2 aliphatic rings. The van der Waals surface area contributed by atoms with Gasteiger partial charge < -0.3 is 10.4 Å². The van der Waals surface area contributed by atoms with Gasteiger partial charge in [0.2, 0.25) is 0 Å². The fourth-order valence-electron chi connectivity index (χ4n) is 3.88. The highest BCUT2D eigenvalue weighted by atomic mass is 16.4. The molecule has 2 saturated carbocycles. The zero-order valence-corrected chi connectivity index (χ0v) is 11.2. The molecule has 0 aliphatic heterocycles. The number of hydrogen-bond donors (Lipinski definition) is 2. The number of aromatic carboxylic acids is 1. The van der Waals surface area contributed by atoms with E-state index in [1.807, 2.05) is 6.07 Å². The van der Waals surface area contributed by atoms with Crippen LogP contribution in [0.1, 0.15) is 43.1 Å². The Kier molecular flexibility index (Phi) is 3.17. The summed E-state index contributed by atoms with van der Waals surface area (Å²) in [6.07, 6.45) is 5.47. The minimum absolute atomic E-state index is 0.102. The second-order valence-corrected chi connectivity index (χ2v) is 5.98. The molecular weight excluding hydrogens is 240 g/mol. The third-order valence-electron chi connectivity index (χ3n) is 4.78. The van der Waals surface area contributed by atoms with Crippen LogP contribution >= 0.6 is 0 Å². The van der Waals surface area contributed by atoms with Crippen LogP contribution in [0.4, 0.5) is 5.82 Å². The average Bonchev–Trinajstić information content (AvgIpc) is 3.01. The summed E-state index contributed by atoms with van der Waals surface area (Å²) >= 11 is 0. The third kappa shape index (κ3) is 2.44. The topological polar surface area (TPSA) is 62.2 Å². The maximum Gasteiger partial charge on any atom is 0.354 e. The first-order chi connectivity index (χ1) is 9.13. The molecule has 2 N–H and O–H groups in total. The van der Waals surface area contributed by atoms with Crippen LogP contribution in [0.3, 0.4) is 0 Å². The molecule has 1 heterocycles. The third-order valence-corrected chi connectivity index (χ3v) is 4.78. The van der Waals surface area contributed by atoms with Crippen molar-refractivity contribution in [1.82, 2.24) is 4.98 Å². The second kappa shape index (κ2) is 4.83. The molecule has 4 heteroatoms. The van der Waals surface area contributed by atoms with Crippen LogP contribution in [0.15, 0.2) is 18.2 Å². The summed E-state index contributed by atoms with van der Waals surface area (Å²) < 4.78 is 0. The fraction of sp³-hybridized carbons (Fsp3) is 0.600. The minimum Gasteiger partial charge on any atom is -0.477 e. The zero-order chi connectivity index (χ0) is 13.4. The fourth-order valence-corrected chi connectivity index (χ4v) is 3.88. The molecule has 1 aromatic rings. The second-order valence-electron chi connectivity index (χ2n) is 5.98. The summed E-state index contributed by atoms with van der Waals surface area (Å²) in [5.41, 5.74) is 0.102. The van der Waals surface area contributed by atoms with Gasteiger partial charge in [0, 0.05) is 6.04 Å². The molecule has 1 aromatic heterocycles. The molecular formula is C15H20N2O2. The first-order valence-corrected chi connectivity index (χ1v) is 7.10. The molecule has 0 amide bonds. The summed E-state index contributed by atoms with van der Waals surface area (Å²) in [6, 6.07) is 5.48. The Morgan fingerprint density at radius 3 is 2.89 bits per heavy atom. The number of nitrogens with one attached hydrogen (secondary N) is 1. The van der Waals surface area contributed by atoms with Crippen molar-refractivity contribution in [2.45, 2.75) is 38.6 Å². The van der Waals surface area contributed by atoms with Crippen molar-refractivity contribution in [1.29, 1.82) is 0 Å². The van der Waals surface area contributed by atoms with Gasteiger partial charge in [-0.25, -0.2) is 9.78 Å². The van der Waals surface area contributed by atoms with Gasteiger partial charge in [-0.2, -0.15) is 0 Å². The van der Waals surface area contributed by atoms with Crippen molar-refractivity contribution in [3.05, 3.63) is 23.9 Å². The molecule has 0 saturated heterocycles. The standard InChI is InChI=1S/C15H20N2O2/c1-9(12-8-10-5-6-11(12)7-10)16-14-4-2-3-13(17-14)15(18)19/h2-4,9-12H,5-8H2,1H3,(H,16,17)(H,18,19). The number of anilines is 1. The van der Waals surface area contributed by atoms with Gasteiger partial charge in [-0.1, -0.05) is 12.5 Å². The van der Waals surface area contributed by atoms with E-state index in [2.05, 4.69) is 17.2 Å². The van der Waals surface area contributed by atoms with E-state index in [-0.39, 0.29) is 5.69 Å². The number of hydrogen-bond acceptors (Lipinski definition) is 3. The molecule has 3 rings (SSSR count). The lowest BCUT2D eigenvalue weighted by Crippen LogP contribution is -2.30. The minimum atomic E-state index is -0.976. The monoisotopic (exact) mass is 260 g/mol. The van der Waals surface area contributed by atoms with E-state index in [4.69, 9.17) is 5.11 Å². The van der Waals surface area contributed by atoms with Crippen LogP contribution in [0.5, 0.6) is 0 Å². The number of fused-ring (bicyclic) bond motifs is 2. The van der Waals surface area contributed by atoms with Gasteiger partial charge in [0.05, 0.1) is 0 Å². The number of carboxylic acid groups (broad SMARTS) is 1. The summed E-state index contributed by atoms with van der Waals surface area (Å²) in [7, 11) is 0. The van der Waals surface area contributed by atoms with E-state index in [0.29, 0.717) is 17.8 Å². The lowest BCUT2D eigenvalue weighted by atomic mass is 9.84. The number of carbonyl (C=O) groups is 1. The Hall–Kier alpha value is -1.58. The van der Waals surface area contributed by atoms with Crippen LogP contribution in [0, 0.1) is 17.8 Å². The number of carboxylic acids is 1. The predicted octanol–water partition coefficient (Wildman–Crippen LogP) is 3.02. The molecule has 4 unspecified atom stereocenters.